The maximum absolute atomic E-state index is 14.9. The van der Waals surface area contributed by atoms with Crippen molar-refractivity contribution in [2.45, 2.75) is 70.7 Å². The number of ether oxygens (including phenoxy) is 2. The molecule has 0 atom stereocenters. The van der Waals surface area contributed by atoms with E-state index >= 15 is 0 Å². The number of amides is 2. The molecule has 51 heavy (non-hydrogen) atoms. The molecule has 1 saturated carbocycles. The number of carbonyl (C=O) groups excluding carboxylic acids is 2. The second-order valence-corrected chi connectivity index (χ2v) is 17.2. The van der Waals surface area contributed by atoms with Gasteiger partial charge in [0.05, 0.1) is 34.2 Å². The van der Waals surface area contributed by atoms with Gasteiger partial charge in [0.1, 0.15) is 27.9 Å². The van der Waals surface area contributed by atoms with E-state index in [-0.39, 0.29) is 38.6 Å². The first-order valence-corrected chi connectivity index (χ1v) is 19.5. The van der Waals surface area contributed by atoms with Crippen LogP contribution in [0, 0.1) is 11.6 Å². The molecule has 0 radical (unpaired) electrons. The third-order valence-corrected chi connectivity index (χ3v) is 12.0. The fraction of sp³-hybridized carbons (Fsp3) is 0.405. The topological polar surface area (TPSA) is 96.5 Å². The van der Waals surface area contributed by atoms with Crippen molar-refractivity contribution in [3.63, 3.8) is 0 Å². The summed E-state index contributed by atoms with van der Waals surface area (Å²) in [7, 11) is 1.29. The average molecular weight is 762 g/mol. The van der Waals surface area contributed by atoms with Crippen molar-refractivity contribution in [2.75, 3.05) is 31.8 Å². The molecule has 14 heteroatoms. The van der Waals surface area contributed by atoms with Crippen LogP contribution in [0.15, 0.2) is 54.6 Å². The van der Waals surface area contributed by atoms with Gasteiger partial charge in [-0.3, -0.25) is 9.10 Å². The van der Waals surface area contributed by atoms with Crippen molar-refractivity contribution in [1.82, 2.24) is 9.80 Å². The standard InChI is InChI=1S/C37H42ClF2N3O6S2/c1-37(2,3)49-36(45)41(4)25-13-15-27(16-14-25)43(35(44)34-32(38)31-28(39)17-18-29(40)33(31)50-34)21-24-20-23(10-19-30(24)48-6)22-8-11-26(12-9-22)42(5)51(7,46)47/h8-12,17-20,25,27H,13-16,21H2,1-7H3/t25-,27-. The molecule has 5 rings (SSSR count). The van der Waals surface area contributed by atoms with Crippen molar-refractivity contribution in [2.24, 2.45) is 0 Å². The Hall–Kier alpha value is -3.94. The van der Waals surface area contributed by atoms with Gasteiger partial charge < -0.3 is 19.3 Å². The lowest BCUT2D eigenvalue weighted by molar-refractivity contribution is 0.0144. The Morgan fingerprint density at radius 1 is 0.922 bits per heavy atom. The number of anilines is 1. The number of rotatable bonds is 9. The van der Waals surface area contributed by atoms with Crippen molar-refractivity contribution < 1.29 is 36.3 Å². The number of carbonyl (C=O) groups is 2. The summed E-state index contributed by atoms with van der Waals surface area (Å²) < 4.78 is 66.2. The van der Waals surface area contributed by atoms with Gasteiger partial charge >= 0.3 is 6.09 Å². The number of fused-ring (bicyclic) bond motifs is 1. The minimum atomic E-state index is -3.44. The summed E-state index contributed by atoms with van der Waals surface area (Å²) in [5.41, 5.74) is 2.16. The summed E-state index contributed by atoms with van der Waals surface area (Å²) in [4.78, 5) is 30.6. The highest BCUT2D eigenvalue weighted by Gasteiger charge is 2.35. The first-order valence-electron chi connectivity index (χ1n) is 16.4. The number of hydrogen-bond acceptors (Lipinski definition) is 7. The van der Waals surface area contributed by atoms with Crippen molar-refractivity contribution in [3.8, 4) is 16.9 Å². The van der Waals surface area contributed by atoms with Gasteiger partial charge in [0.2, 0.25) is 10.0 Å². The van der Waals surface area contributed by atoms with Crippen molar-refractivity contribution in [3.05, 3.63) is 81.7 Å². The van der Waals surface area contributed by atoms with Crippen LogP contribution in [-0.4, -0.2) is 75.4 Å². The second-order valence-electron chi connectivity index (χ2n) is 13.8. The third kappa shape index (κ3) is 8.42. The van der Waals surface area contributed by atoms with E-state index in [1.165, 1.54) is 18.5 Å². The number of sulfonamides is 1. The largest absolute Gasteiger partial charge is 0.496 e. The average Bonchev–Trinajstić information content (AvgIpc) is 3.45. The minimum Gasteiger partial charge on any atom is -0.496 e. The van der Waals surface area contributed by atoms with Gasteiger partial charge in [-0.1, -0.05) is 29.8 Å². The smallest absolute Gasteiger partial charge is 0.410 e. The molecule has 1 heterocycles. The highest BCUT2D eigenvalue weighted by atomic mass is 35.5. The molecule has 2 amide bonds. The minimum absolute atomic E-state index is 0.0318. The van der Waals surface area contributed by atoms with Crippen LogP contribution in [0.5, 0.6) is 5.75 Å². The van der Waals surface area contributed by atoms with Gasteiger partial charge in [-0.25, -0.2) is 22.0 Å². The van der Waals surface area contributed by atoms with Gasteiger partial charge in [0, 0.05) is 38.3 Å². The molecular weight excluding hydrogens is 720 g/mol. The van der Waals surface area contributed by atoms with E-state index in [0.29, 0.717) is 42.7 Å². The molecule has 1 fully saturated rings. The Labute approximate surface area is 306 Å². The van der Waals surface area contributed by atoms with E-state index in [4.69, 9.17) is 21.1 Å². The van der Waals surface area contributed by atoms with Gasteiger partial charge in [0.15, 0.2) is 0 Å². The quantitative estimate of drug-likeness (QED) is 0.169. The summed E-state index contributed by atoms with van der Waals surface area (Å²) in [6.45, 7) is 5.53. The first kappa shape index (κ1) is 38.3. The van der Waals surface area contributed by atoms with Gasteiger partial charge in [-0.2, -0.15) is 0 Å². The van der Waals surface area contributed by atoms with Crippen LogP contribution in [0.25, 0.3) is 21.2 Å². The van der Waals surface area contributed by atoms with Crippen molar-refractivity contribution in [1.29, 1.82) is 0 Å². The fourth-order valence-electron chi connectivity index (χ4n) is 6.29. The highest BCUT2D eigenvalue weighted by Crippen LogP contribution is 2.41. The van der Waals surface area contributed by atoms with Crippen LogP contribution in [0.1, 0.15) is 61.7 Å². The third-order valence-electron chi connectivity index (χ3n) is 9.16. The maximum Gasteiger partial charge on any atom is 0.410 e. The second kappa shape index (κ2) is 15.0. The van der Waals surface area contributed by atoms with Crippen molar-refractivity contribution >= 4 is 60.7 Å². The zero-order valence-corrected chi connectivity index (χ0v) is 32.0. The monoisotopic (exact) mass is 761 g/mol. The summed E-state index contributed by atoms with van der Waals surface area (Å²) in [5, 5.41) is -0.266. The van der Waals surface area contributed by atoms with E-state index in [2.05, 4.69) is 0 Å². The number of hydrogen-bond donors (Lipinski definition) is 0. The Balaban J connectivity index is 1.49. The normalized spacial score (nSPS) is 16.5. The molecule has 4 aromatic rings. The SMILES string of the molecule is COc1ccc(-c2ccc(N(C)S(C)(=O)=O)cc2)cc1CN(C(=O)c1sc2c(F)ccc(F)c2c1Cl)[C@H]1CC[C@H](N(C)C(=O)OC(C)(C)C)CC1. The Morgan fingerprint density at radius 3 is 2.08 bits per heavy atom. The molecule has 0 unspecified atom stereocenters. The van der Waals surface area contributed by atoms with Gasteiger partial charge in [-0.15, -0.1) is 11.3 Å². The molecule has 0 aliphatic heterocycles. The summed E-state index contributed by atoms with van der Waals surface area (Å²) in [5.74, 6) is -1.32. The van der Waals surface area contributed by atoms with E-state index in [9.17, 15) is 26.8 Å². The van der Waals surface area contributed by atoms with Crippen LogP contribution in [-0.2, 0) is 21.3 Å². The number of methoxy groups -OCH3 is 1. The zero-order chi connectivity index (χ0) is 37.4. The van der Waals surface area contributed by atoms with Crippen LogP contribution >= 0.6 is 22.9 Å². The molecule has 9 nitrogen and oxygen atoms in total. The number of thiophene rings is 1. The Kier molecular flexibility index (Phi) is 11.2. The molecule has 274 valence electrons. The summed E-state index contributed by atoms with van der Waals surface area (Å²) >= 11 is 7.45. The summed E-state index contributed by atoms with van der Waals surface area (Å²) in [6, 6.07) is 14.2. The van der Waals surface area contributed by atoms with Crippen LogP contribution < -0.4 is 9.04 Å². The lowest BCUT2D eigenvalue weighted by atomic mass is 9.89. The van der Waals surface area contributed by atoms with Crippen LogP contribution in [0.2, 0.25) is 5.02 Å². The maximum atomic E-state index is 14.9. The lowest BCUT2D eigenvalue weighted by Crippen LogP contribution is -2.47. The van der Waals surface area contributed by atoms with E-state index in [1.807, 2.05) is 45.0 Å². The Bertz CT molecular complexity index is 2040. The van der Waals surface area contributed by atoms with Crippen LogP contribution in [0.4, 0.5) is 19.3 Å². The molecule has 1 aromatic heterocycles. The highest BCUT2D eigenvalue weighted by molar-refractivity contribution is 7.92. The predicted octanol–water partition coefficient (Wildman–Crippen LogP) is 8.72. The molecule has 0 spiro atoms. The molecule has 0 saturated heterocycles. The van der Waals surface area contributed by atoms with Gasteiger partial charge in [0.25, 0.3) is 5.91 Å². The molecule has 1 aliphatic rings. The van der Waals surface area contributed by atoms with E-state index in [1.54, 1.807) is 35.0 Å². The lowest BCUT2D eigenvalue weighted by Gasteiger charge is -2.40. The van der Waals surface area contributed by atoms with E-state index in [0.717, 1.165) is 40.9 Å². The summed E-state index contributed by atoms with van der Waals surface area (Å²) in [6.07, 6.45) is 3.00. The van der Waals surface area contributed by atoms with Gasteiger partial charge in [-0.05, 0) is 94.0 Å². The van der Waals surface area contributed by atoms with Crippen LogP contribution in [0.3, 0.4) is 0 Å². The zero-order valence-electron chi connectivity index (χ0n) is 29.6. The predicted molar refractivity (Wildman–Crippen MR) is 198 cm³/mol. The molecule has 1 aliphatic carbocycles. The molecule has 0 N–H and O–H groups in total. The molecule has 0 bridgehead atoms. The molecule has 3 aromatic carbocycles. The number of benzene rings is 3. The number of halogens is 3. The molecular formula is C37H42ClF2N3O6S2. The Morgan fingerprint density at radius 2 is 1.51 bits per heavy atom. The number of nitrogens with zero attached hydrogens (tertiary/aromatic N) is 3. The fourth-order valence-corrected chi connectivity index (χ4v) is 8.30. The first-order chi connectivity index (χ1) is 23.9. The van der Waals surface area contributed by atoms with E-state index < -0.39 is 39.3 Å².